The predicted octanol–water partition coefficient (Wildman–Crippen LogP) is 1.57. The molecular weight excluding hydrogens is 362 g/mol. The van der Waals surface area contributed by atoms with Crippen LogP contribution in [0.2, 0.25) is 0 Å². The summed E-state index contributed by atoms with van der Waals surface area (Å²) in [7, 11) is 0. The van der Waals surface area contributed by atoms with Crippen LogP contribution in [0.4, 0.5) is 0 Å². The number of nitrogens with zero attached hydrogens (tertiary/aromatic N) is 1. The lowest BCUT2D eigenvalue weighted by Crippen LogP contribution is -2.32. The predicted molar refractivity (Wildman–Crippen MR) is 109 cm³/mol. The van der Waals surface area contributed by atoms with Gasteiger partial charge in [-0.15, -0.1) is 0 Å². The molecule has 0 aliphatic carbocycles. The summed E-state index contributed by atoms with van der Waals surface area (Å²) < 4.78 is 21.9. The van der Waals surface area contributed by atoms with Gasteiger partial charge in [0.1, 0.15) is 12.4 Å². The van der Waals surface area contributed by atoms with E-state index in [0.29, 0.717) is 39.6 Å². The third kappa shape index (κ3) is 14.8. The third-order valence-corrected chi connectivity index (χ3v) is 4.08. The van der Waals surface area contributed by atoms with Crippen molar-refractivity contribution >= 4 is 0 Å². The van der Waals surface area contributed by atoms with Gasteiger partial charge in [0.2, 0.25) is 0 Å². The molecule has 0 spiro atoms. The molecule has 1 rings (SSSR count). The van der Waals surface area contributed by atoms with E-state index in [1.54, 1.807) is 0 Å². The summed E-state index contributed by atoms with van der Waals surface area (Å²) in [6.07, 6.45) is 3.22. The number of ether oxygens (including phenoxy) is 4. The van der Waals surface area contributed by atoms with Gasteiger partial charge in [0.25, 0.3) is 0 Å². The fourth-order valence-electron chi connectivity index (χ4n) is 2.61. The van der Waals surface area contributed by atoms with Gasteiger partial charge in [0.05, 0.1) is 46.2 Å². The smallest absolute Gasteiger partial charge is 0.119 e. The molecule has 0 amide bonds. The van der Waals surface area contributed by atoms with Crippen LogP contribution >= 0.6 is 0 Å². The molecule has 0 fully saturated rings. The van der Waals surface area contributed by atoms with Gasteiger partial charge in [-0.05, 0) is 37.9 Å². The lowest BCUT2D eigenvalue weighted by atomic mass is 10.2. The van der Waals surface area contributed by atoms with E-state index in [2.05, 4.69) is 4.90 Å². The molecule has 0 saturated heterocycles. The summed E-state index contributed by atoms with van der Waals surface area (Å²) in [4.78, 5) is 2.29. The average Bonchev–Trinajstić information content (AvgIpc) is 2.73. The Morgan fingerprint density at radius 3 is 1.89 bits per heavy atom. The Bertz CT molecular complexity index is 422. The van der Waals surface area contributed by atoms with Gasteiger partial charge in [-0.2, -0.15) is 0 Å². The minimum Gasteiger partial charge on any atom is -0.491 e. The highest BCUT2D eigenvalue weighted by Gasteiger charge is 2.05. The van der Waals surface area contributed by atoms with Crippen molar-refractivity contribution in [1.29, 1.82) is 0 Å². The Hall–Kier alpha value is -1.22. The molecular formula is C21H37NO6. The molecule has 7 heteroatoms. The van der Waals surface area contributed by atoms with Gasteiger partial charge < -0.3 is 29.2 Å². The molecule has 0 aromatic heterocycles. The molecule has 0 heterocycles. The Kier molecular flexibility index (Phi) is 16.9. The summed E-state index contributed by atoms with van der Waals surface area (Å²) in [6.45, 7) is 6.58. The van der Waals surface area contributed by atoms with Crippen LogP contribution in [0.1, 0.15) is 19.3 Å². The van der Waals surface area contributed by atoms with Crippen molar-refractivity contribution in [2.75, 3.05) is 79.1 Å². The summed E-state index contributed by atoms with van der Waals surface area (Å²) in [6, 6.07) is 9.76. The summed E-state index contributed by atoms with van der Waals surface area (Å²) in [5, 5.41) is 17.5. The number of unbranched alkanes of at least 4 members (excludes halogenated alkanes) is 2. The lowest BCUT2D eigenvalue weighted by molar-refractivity contribution is 0.0498. The number of aliphatic hydroxyl groups is 2. The van der Waals surface area contributed by atoms with Crippen molar-refractivity contribution in [3.8, 4) is 5.75 Å². The summed E-state index contributed by atoms with van der Waals surface area (Å²) >= 11 is 0. The number of benzene rings is 1. The van der Waals surface area contributed by atoms with Crippen molar-refractivity contribution in [2.24, 2.45) is 0 Å². The van der Waals surface area contributed by atoms with Crippen molar-refractivity contribution in [3.05, 3.63) is 30.3 Å². The molecule has 7 nitrogen and oxygen atoms in total. The molecule has 0 aliphatic rings. The number of aliphatic hydroxyl groups excluding tert-OH is 2. The first kappa shape index (κ1) is 24.8. The summed E-state index contributed by atoms with van der Waals surface area (Å²) in [5.74, 6) is 0.872. The van der Waals surface area contributed by atoms with E-state index in [1.807, 2.05) is 30.3 Å². The van der Waals surface area contributed by atoms with Gasteiger partial charge in [-0.25, -0.2) is 0 Å². The summed E-state index contributed by atoms with van der Waals surface area (Å²) in [5.41, 5.74) is 0. The Labute approximate surface area is 169 Å². The van der Waals surface area contributed by atoms with Crippen LogP contribution in [-0.2, 0) is 14.2 Å². The Morgan fingerprint density at radius 1 is 0.607 bits per heavy atom. The molecule has 0 bridgehead atoms. The van der Waals surface area contributed by atoms with Gasteiger partial charge >= 0.3 is 0 Å². The lowest BCUT2D eigenvalue weighted by Gasteiger charge is -2.22. The Morgan fingerprint density at radius 2 is 1.25 bits per heavy atom. The monoisotopic (exact) mass is 399 g/mol. The van der Waals surface area contributed by atoms with Gasteiger partial charge in [0, 0.05) is 19.7 Å². The van der Waals surface area contributed by atoms with Crippen LogP contribution in [0, 0.1) is 0 Å². The molecule has 0 atom stereocenters. The first-order chi connectivity index (χ1) is 13.9. The standard InChI is InChI=1S/C21H37NO6/c23-12-17-26-15-10-22(11-16-27-18-13-24)9-5-2-6-14-25-19-20-28-21-7-3-1-4-8-21/h1,3-4,7-8,23-24H,2,5-6,9-20H2. The van der Waals surface area contributed by atoms with Crippen LogP contribution in [0.5, 0.6) is 5.75 Å². The van der Waals surface area contributed by atoms with Crippen molar-refractivity contribution in [3.63, 3.8) is 0 Å². The Balaban J connectivity index is 2.00. The maximum absolute atomic E-state index is 8.77. The zero-order valence-electron chi connectivity index (χ0n) is 17.0. The maximum Gasteiger partial charge on any atom is 0.119 e. The van der Waals surface area contributed by atoms with E-state index in [1.165, 1.54) is 0 Å². The number of para-hydroxylation sites is 1. The number of hydrogen-bond acceptors (Lipinski definition) is 7. The van der Waals surface area contributed by atoms with Crippen LogP contribution < -0.4 is 4.74 Å². The maximum atomic E-state index is 8.77. The molecule has 2 N–H and O–H groups in total. The van der Waals surface area contributed by atoms with Crippen LogP contribution in [0.15, 0.2) is 30.3 Å². The molecule has 1 aromatic rings. The molecule has 0 radical (unpaired) electrons. The van der Waals surface area contributed by atoms with Crippen molar-refractivity contribution in [1.82, 2.24) is 4.90 Å². The normalized spacial score (nSPS) is 11.2. The highest BCUT2D eigenvalue weighted by molar-refractivity contribution is 5.20. The van der Waals surface area contributed by atoms with E-state index in [-0.39, 0.29) is 13.2 Å². The van der Waals surface area contributed by atoms with Crippen LogP contribution in [0.3, 0.4) is 0 Å². The number of hydrogen-bond donors (Lipinski definition) is 2. The van der Waals surface area contributed by atoms with E-state index in [0.717, 1.165) is 51.3 Å². The first-order valence-corrected chi connectivity index (χ1v) is 10.2. The van der Waals surface area contributed by atoms with E-state index in [9.17, 15) is 0 Å². The van der Waals surface area contributed by atoms with Crippen LogP contribution in [0.25, 0.3) is 0 Å². The largest absolute Gasteiger partial charge is 0.491 e. The molecule has 162 valence electrons. The fraction of sp³-hybridized carbons (Fsp3) is 0.714. The first-order valence-electron chi connectivity index (χ1n) is 10.2. The van der Waals surface area contributed by atoms with Crippen LogP contribution in [-0.4, -0.2) is 94.2 Å². The SMILES string of the molecule is OCCOCCN(CCCCCOCCOc1ccccc1)CCOCCO. The molecule has 0 saturated carbocycles. The highest BCUT2D eigenvalue weighted by atomic mass is 16.5. The van der Waals surface area contributed by atoms with Gasteiger partial charge in [-0.3, -0.25) is 4.90 Å². The quantitative estimate of drug-likeness (QED) is 0.322. The second-order valence-corrected chi connectivity index (χ2v) is 6.35. The number of rotatable bonds is 20. The fourth-order valence-corrected chi connectivity index (χ4v) is 2.61. The molecule has 0 aliphatic heterocycles. The molecule has 1 aromatic carbocycles. The third-order valence-electron chi connectivity index (χ3n) is 4.08. The molecule has 28 heavy (non-hydrogen) atoms. The zero-order chi connectivity index (χ0) is 20.1. The van der Waals surface area contributed by atoms with Crippen molar-refractivity contribution < 1.29 is 29.2 Å². The second kappa shape index (κ2) is 19.1. The highest BCUT2D eigenvalue weighted by Crippen LogP contribution is 2.07. The topological polar surface area (TPSA) is 80.6 Å². The van der Waals surface area contributed by atoms with E-state index >= 15 is 0 Å². The van der Waals surface area contributed by atoms with E-state index < -0.39 is 0 Å². The van der Waals surface area contributed by atoms with Gasteiger partial charge in [-0.1, -0.05) is 18.2 Å². The van der Waals surface area contributed by atoms with E-state index in [4.69, 9.17) is 29.2 Å². The van der Waals surface area contributed by atoms with Crippen molar-refractivity contribution in [2.45, 2.75) is 19.3 Å². The minimum absolute atomic E-state index is 0.0516. The zero-order valence-corrected chi connectivity index (χ0v) is 17.0. The molecule has 0 unspecified atom stereocenters. The average molecular weight is 400 g/mol. The van der Waals surface area contributed by atoms with Gasteiger partial charge in [0.15, 0.2) is 0 Å². The second-order valence-electron chi connectivity index (χ2n) is 6.35. The minimum atomic E-state index is 0.0516.